The number of epoxide rings is 1. The summed E-state index contributed by atoms with van der Waals surface area (Å²) in [6.07, 6.45) is 8.01. The largest absolute Gasteiger partial charge is 0.501 e. The molecule has 0 aromatic heterocycles. The van der Waals surface area contributed by atoms with Gasteiger partial charge in [0.15, 0.2) is 0 Å². The van der Waals surface area contributed by atoms with Crippen molar-refractivity contribution in [1.29, 1.82) is 0 Å². The van der Waals surface area contributed by atoms with Crippen LogP contribution >= 0.6 is 0 Å². The Morgan fingerprint density at radius 1 is 0.923 bits per heavy atom. The van der Waals surface area contributed by atoms with Crippen molar-refractivity contribution in [1.82, 2.24) is 0 Å². The summed E-state index contributed by atoms with van der Waals surface area (Å²) in [5.74, 6) is 0. The van der Waals surface area contributed by atoms with E-state index < -0.39 is 8.80 Å². The quantitative estimate of drug-likeness (QED) is 0.188. The minimum Gasteiger partial charge on any atom is -0.376 e. The lowest BCUT2D eigenvalue weighted by atomic mass is 10.2. The van der Waals surface area contributed by atoms with Crippen LogP contribution in [-0.4, -0.2) is 53.5 Å². The van der Waals surface area contributed by atoms with Crippen LogP contribution in [0.25, 0.3) is 0 Å². The van der Waals surface area contributed by atoms with E-state index in [-0.39, 0.29) is 12.2 Å². The zero-order valence-corrected chi connectivity index (χ0v) is 18.8. The van der Waals surface area contributed by atoms with Crippen LogP contribution in [0.4, 0.5) is 0 Å². The van der Waals surface area contributed by atoms with Gasteiger partial charge < -0.3 is 22.8 Å². The van der Waals surface area contributed by atoms with Crippen molar-refractivity contribution >= 4 is 8.80 Å². The van der Waals surface area contributed by atoms with E-state index in [1.807, 2.05) is 0 Å². The van der Waals surface area contributed by atoms with Crippen molar-refractivity contribution in [3.05, 3.63) is 0 Å². The molecule has 0 saturated carbocycles. The predicted molar refractivity (Wildman–Crippen MR) is 108 cm³/mol. The topological polar surface area (TPSA) is 49.5 Å². The maximum absolute atomic E-state index is 6.47. The molecule has 0 N–H and O–H groups in total. The molecular weight excluding hydrogens is 348 g/mol. The molecule has 0 aromatic carbocycles. The smallest absolute Gasteiger partial charge is 0.376 e. The van der Waals surface area contributed by atoms with Gasteiger partial charge in [-0.1, -0.05) is 40.0 Å². The lowest BCUT2D eigenvalue weighted by molar-refractivity contribution is 0.0170. The van der Waals surface area contributed by atoms with E-state index >= 15 is 0 Å². The first-order valence-corrected chi connectivity index (χ1v) is 12.7. The summed E-state index contributed by atoms with van der Waals surface area (Å²) < 4.78 is 30.3. The minimum absolute atomic E-state index is 0.167. The highest BCUT2D eigenvalue weighted by atomic mass is 28.4. The van der Waals surface area contributed by atoms with Crippen molar-refractivity contribution < 1.29 is 22.8 Å². The molecule has 0 spiro atoms. The van der Waals surface area contributed by atoms with Crippen LogP contribution in [0.5, 0.6) is 0 Å². The first-order valence-electron chi connectivity index (χ1n) is 10.7. The standard InChI is InChI=1S/C20H42O5Si/c1-6-9-13-23-26(24-14-10-7-2,25-19(5)11-8-3)15-12-18(4)21-16-20-17-22-20/h18-20H,6-17H2,1-5H3. The fraction of sp³-hybridized carbons (Fsp3) is 1.00. The lowest BCUT2D eigenvalue weighted by Crippen LogP contribution is -2.49. The molecular formula is C20H42O5Si. The molecule has 1 fully saturated rings. The Kier molecular flexibility index (Phi) is 13.0. The third kappa shape index (κ3) is 11.0. The Balaban J connectivity index is 2.63. The highest BCUT2D eigenvalue weighted by Gasteiger charge is 2.42. The molecule has 26 heavy (non-hydrogen) atoms. The van der Waals surface area contributed by atoms with Crippen molar-refractivity contribution in [3.8, 4) is 0 Å². The van der Waals surface area contributed by atoms with E-state index in [2.05, 4.69) is 34.6 Å². The molecule has 0 aliphatic carbocycles. The molecule has 1 saturated heterocycles. The van der Waals surface area contributed by atoms with Gasteiger partial charge in [0.1, 0.15) is 6.10 Å². The summed E-state index contributed by atoms with van der Waals surface area (Å²) in [4.78, 5) is 0. The van der Waals surface area contributed by atoms with Gasteiger partial charge in [-0.05, 0) is 39.5 Å². The molecule has 156 valence electrons. The SMILES string of the molecule is CCCCO[Si](CCC(C)OCC1CO1)(OCCCC)OC(C)CCC. The molecule has 3 unspecified atom stereocenters. The molecule has 0 amide bonds. The van der Waals surface area contributed by atoms with Gasteiger partial charge in [0.2, 0.25) is 0 Å². The van der Waals surface area contributed by atoms with Crippen molar-refractivity contribution in [2.45, 2.75) is 104 Å². The third-order valence-electron chi connectivity index (χ3n) is 4.54. The fourth-order valence-electron chi connectivity index (χ4n) is 2.73. The van der Waals surface area contributed by atoms with Gasteiger partial charge >= 0.3 is 8.80 Å². The van der Waals surface area contributed by atoms with Crippen LogP contribution in [0.15, 0.2) is 0 Å². The molecule has 3 atom stereocenters. The number of ether oxygens (including phenoxy) is 2. The fourth-order valence-corrected chi connectivity index (χ4v) is 5.76. The van der Waals surface area contributed by atoms with Crippen LogP contribution < -0.4 is 0 Å². The summed E-state index contributed by atoms with van der Waals surface area (Å²) in [7, 11) is -2.68. The molecule has 6 heteroatoms. The van der Waals surface area contributed by atoms with E-state index in [4.69, 9.17) is 22.8 Å². The summed E-state index contributed by atoms with van der Waals surface area (Å²) in [5.41, 5.74) is 0. The van der Waals surface area contributed by atoms with Gasteiger partial charge in [0.25, 0.3) is 0 Å². The molecule has 0 radical (unpaired) electrons. The Labute approximate surface area is 162 Å². The molecule has 1 heterocycles. The summed E-state index contributed by atoms with van der Waals surface area (Å²) in [6, 6.07) is 0.821. The predicted octanol–water partition coefficient (Wildman–Crippen LogP) is 4.96. The zero-order chi connectivity index (χ0) is 19.3. The van der Waals surface area contributed by atoms with Crippen molar-refractivity contribution in [3.63, 3.8) is 0 Å². The van der Waals surface area contributed by atoms with Crippen molar-refractivity contribution in [2.75, 3.05) is 26.4 Å². The van der Waals surface area contributed by atoms with Crippen LogP contribution in [0, 0.1) is 0 Å². The van der Waals surface area contributed by atoms with E-state index in [1.54, 1.807) is 0 Å². The summed E-state index contributed by atoms with van der Waals surface area (Å²) in [5, 5.41) is 0. The first kappa shape index (κ1) is 24.1. The van der Waals surface area contributed by atoms with Crippen LogP contribution in [0.3, 0.4) is 0 Å². The maximum atomic E-state index is 6.47. The molecule has 0 aromatic rings. The van der Waals surface area contributed by atoms with Gasteiger partial charge in [0, 0.05) is 25.4 Å². The van der Waals surface area contributed by atoms with Crippen molar-refractivity contribution in [2.24, 2.45) is 0 Å². The van der Waals surface area contributed by atoms with Gasteiger partial charge in [0.05, 0.1) is 19.3 Å². The van der Waals surface area contributed by atoms with E-state index in [0.29, 0.717) is 12.7 Å². The number of hydrogen-bond donors (Lipinski definition) is 0. The molecule has 5 nitrogen and oxygen atoms in total. The highest BCUT2D eigenvalue weighted by Crippen LogP contribution is 2.24. The number of hydrogen-bond acceptors (Lipinski definition) is 5. The van der Waals surface area contributed by atoms with E-state index in [1.165, 1.54) is 0 Å². The normalized spacial score (nSPS) is 19.5. The zero-order valence-electron chi connectivity index (χ0n) is 17.8. The average molecular weight is 391 g/mol. The molecule has 0 bridgehead atoms. The van der Waals surface area contributed by atoms with Gasteiger partial charge in [-0.3, -0.25) is 0 Å². The van der Waals surface area contributed by atoms with Gasteiger partial charge in [-0.15, -0.1) is 0 Å². The molecule has 1 aliphatic heterocycles. The average Bonchev–Trinajstić information content (AvgIpc) is 3.43. The van der Waals surface area contributed by atoms with Crippen LogP contribution in [-0.2, 0) is 22.8 Å². The second kappa shape index (κ2) is 14.1. The Morgan fingerprint density at radius 2 is 1.54 bits per heavy atom. The summed E-state index contributed by atoms with van der Waals surface area (Å²) in [6.45, 7) is 13.8. The number of rotatable bonds is 18. The monoisotopic (exact) mass is 390 g/mol. The lowest BCUT2D eigenvalue weighted by Gasteiger charge is -2.33. The van der Waals surface area contributed by atoms with Gasteiger partial charge in [-0.2, -0.15) is 0 Å². The highest BCUT2D eigenvalue weighted by molar-refractivity contribution is 6.60. The Bertz CT molecular complexity index is 328. The molecule has 1 rings (SSSR count). The third-order valence-corrected chi connectivity index (χ3v) is 7.49. The van der Waals surface area contributed by atoms with E-state index in [0.717, 1.165) is 70.8 Å². The Hall–Kier alpha value is 0.0169. The number of unbranched alkanes of at least 4 members (excludes halogenated alkanes) is 2. The van der Waals surface area contributed by atoms with Crippen LogP contribution in [0.2, 0.25) is 6.04 Å². The minimum atomic E-state index is -2.68. The molecule has 1 aliphatic rings. The first-order chi connectivity index (χ1) is 12.5. The Morgan fingerprint density at radius 3 is 2.04 bits per heavy atom. The van der Waals surface area contributed by atoms with Gasteiger partial charge in [-0.25, -0.2) is 0 Å². The second-order valence-corrected chi connectivity index (χ2v) is 10.1. The maximum Gasteiger partial charge on any atom is 0.501 e. The summed E-state index contributed by atoms with van der Waals surface area (Å²) >= 11 is 0. The van der Waals surface area contributed by atoms with E-state index in [9.17, 15) is 0 Å². The van der Waals surface area contributed by atoms with Crippen LogP contribution in [0.1, 0.15) is 79.6 Å². The second-order valence-electron chi connectivity index (χ2n) is 7.44.